The molecule has 7 heteroatoms. The van der Waals surface area contributed by atoms with Crippen molar-refractivity contribution in [2.75, 3.05) is 10.6 Å². The van der Waals surface area contributed by atoms with Crippen LogP contribution in [0.4, 0.5) is 16.5 Å². The first-order valence-corrected chi connectivity index (χ1v) is 8.57. The molecule has 0 aliphatic carbocycles. The largest absolute Gasteiger partial charge is 0.486 e. The number of benzene rings is 2. The van der Waals surface area contributed by atoms with E-state index in [9.17, 15) is 4.79 Å². The number of nitrogens with zero attached hydrogens (tertiary/aromatic N) is 2. The average Bonchev–Trinajstić information content (AvgIpc) is 3.03. The number of amides is 1. The molecule has 6 nitrogen and oxygen atoms in total. The van der Waals surface area contributed by atoms with E-state index in [1.165, 1.54) is 23.8 Å². The predicted molar refractivity (Wildman–Crippen MR) is 99.4 cm³/mol. The molecule has 0 saturated heterocycles. The summed E-state index contributed by atoms with van der Waals surface area (Å²) in [6.07, 6.45) is 0. The number of hydrogen-bond acceptors (Lipinski definition) is 6. The van der Waals surface area contributed by atoms with Gasteiger partial charge in [-0.05, 0) is 43.3 Å². The van der Waals surface area contributed by atoms with Crippen molar-refractivity contribution in [3.63, 3.8) is 0 Å². The van der Waals surface area contributed by atoms with E-state index >= 15 is 0 Å². The highest BCUT2D eigenvalue weighted by molar-refractivity contribution is 7.15. The molecule has 2 N–H and O–H groups in total. The molecule has 0 unspecified atom stereocenters. The number of aromatic nitrogens is 2. The molecule has 0 spiro atoms. The first-order chi connectivity index (χ1) is 12.1. The van der Waals surface area contributed by atoms with E-state index in [-0.39, 0.29) is 5.91 Å². The number of aryl methyl sites for hydroxylation is 1. The molecular formula is C18H18N4O2S. The van der Waals surface area contributed by atoms with Gasteiger partial charge < -0.3 is 15.4 Å². The van der Waals surface area contributed by atoms with E-state index < -0.39 is 0 Å². The molecular weight excluding hydrogens is 336 g/mol. The summed E-state index contributed by atoms with van der Waals surface area (Å²) in [7, 11) is 0. The Morgan fingerprint density at radius 3 is 2.40 bits per heavy atom. The van der Waals surface area contributed by atoms with Gasteiger partial charge in [0.05, 0.1) is 0 Å². The zero-order valence-electron chi connectivity index (χ0n) is 13.9. The molecule has 0 saturated carbocycles. The standard InChI is InChI=1S/C18H18N4O2S/c1-12-3-5-15(6-4-12)20-18-22-21-17(25-18)11-24-16-9-7-14(8-10-16)19-13(2)23/h3-10H,11H2,1-2H3,(H,19,23)(H,20,22). The van der Waals surface area contributed by atoms with Gasteiger partial charge in [-0.15, -0.1) is 10.2 Å². The minimum absolute atomic E-state index is 0.101. The van der Waals surface area contributed by atoms with Crippen molar-refractivity contribution in [2.24, 2.45) is 0 Å². The van der Waals surface area contributed by atoms with E-state index in [4.69, 9.17) is 4.74 Å². The Kier molecular flexibility index (Phi) is 5.25. The lowest BCUT2D eigenvalue weighted by Crippen LogP contribution is -2.05. The van der Waals surface area contributed by atoms with Crippen molar-refractivity contribution in [3.8, 4) is 5.75 Å². The molecule has 0 aliphatic heterocycles. The summed E-state index contributed by atoms with van der Waals surface area (Å²) in [6.45, 7) is 3.86. The van der Waals surface area contributed by atoms with Gasteiger partial charge in [-0.1, -0.05) is 29.0 Å². The molecule has 0 aliphatic rings. The molecule has 128 valence electrons. The maximum Gasteiger partial charge on any atom is 0.221 e. The molecule has 3 rings (SSSR count). The first-order valence-electron chi connectivity index (χ1n) is 7.75. The molecule has 3 aromatic rings. The third-order valence-corrected chi connectivity index (χ3v) is 4.12. The Bertz CT molecular complexity index is 844. The maximum atomic E-state index is 11.0. The summed E-state index contributed by atoms with van der Waals surface area (Å²) in [5, 5.41) is 15.7. The van der Waals surface area contributed by atoms with Gasteiger partial charge in [-0.25, -0.2) is 0 Å². The maximum absolute atomic E-state index is 11.0. The number of anilines is 3. The predicted octanol–water partition coefficient (Wildman–Crippen LogP) is 4.13. The smallest absolute Gasteiger partial charge is 0.221 e. The van der Waals surface area contributed by atoms with Crippen molar-refractivity contribution in [1.29, 1.82) is 0 Å². The summed E-state index contributed by atoms with van der Waals surface area (Å²) >= 11 is 1.45. The highest BCUT2D eigenvalue weighted by atomic mass is 32.1. The third kappa shape index (κ3) is 5.02. The lowest BCUT2D eigenvalue weighted by Gasteiger charge is -2.05. The van der Waals surface area contributed by atoms with Crippen LogP contribution in [0.5, 0.6) is 5.75 Å². The first kappa shape index (κ1) is 16.9. The van der Waals surface area contributed by atoms with Crippen molar-refractivity contribution in [3.05, 3.63) is 59.1 Å². The quantitative estimate of drug-likeness (QED) is 0.696. The second-order valence-electron chi connectivity index (χ2n) is 5.49. The van der Waals surface area contributed by atoms with Gasteiger partial charge in [0.25, 0.3) is 0 Å². The van der Waals surface area contributed by atoms with Gasteiger partial charge >= 0.3 is 0 Å². The van der Waals surface area contributed by atoms with Crippen LogP contribution in [-0.4, -0.2) is 16.1 Å². The number of ether oxygens (including phenoxy) is 1. The van der Waals surface area contributed by atoms with E-state index in [1.54, 1.807) is 24.3 Å². The van der Waals surface area contributed by atoms with Crippen LogP contribution in [0.15, 0.2) is 48.5 Å². The van der Waals surface area contributed by atoms with E-state index in [0.717, 1.165) is 21.5 Å². The molecule has 25 heavy (non-hydrogen) atoms. The summed E-state index contributed by atoms with van der Waals surface area (Å²) in [5.74, 6) is 0.605. The lowest BCUT2D eigenvalue weighted by atomic mass is 10.2. The van der Waals surface area contributed by atoms with E-state index in [2.05, 4.69) is 20.8 Å². The van der Waals surface area contributed by atoms with Crippen LogP contribution in [0.2, 0.25) is 0 Å². The Morgan fingerprint density at radius 1 is 1.04 bits per heavy atom. The zero-order chi connectivity index (χ0) is 17.6. The van der Waals surface area contributed by atoms with Gasteiger partial charge in [0.1, 0.15) is 12.4 Å². The van der Waals surface area contributed by atoms with Crippen LogP contribution >= 0.6 is 11.3 Å². The van der Waals surface area contributed by atoms with E-state index in [0.29, 0.717) is 12.4 Å². The monoisotopic (exact) mass is 354 g/mol. The van der Waals surface area contributed by atoms with Crippen LogP contribution in [0, 0.1) is 6.92 Å². The molecule has 1 heterocycles. The fourth-order valence-electron chi connectivity index (χ4n) is 2.11. The molecule has 0 atom stereocenters. The minimum atomic E-state index is -0.101. The van der Waals surface area contributed by atoms with Gasteiger partial charge in [0.15, 0.2) is 5.01 Å². The van der Waals surface area contributed by atoms with Crippen LogP contribution in [0.1, 0.15) is 17.5 Å². The lowest BCUT2D eigenvalue weighted by molar-refractivity contribution is -0.114. The van der Waals surface area contributed by atoms with Gasteiger partial charge in [-0.2, -0.15) is 0 Å². The highest BCUT2D eigenvalue weighted by Crippen LogP contribution is 2.23. The second-order valence-corrected chi connectivity index (χ2v) is 6.55. The number of nitrogens with one attached hydrogen (secondary N) is 2. The second kappa shape index (κ2) is 7.76. The average molecular weight is 354 g/mol. The summed E-state index contributed by atoms with van der Waals surface area (Å²) in [4.78, 5) is 11.0. The Morgan fingerprint density at radius 2 is 1.72 bits per heavy atom. The Hall–Kier alpha value is -2.93. The Labute approximate surface area is 149 Å². The van der Waals surface area contributed by atoms with Crippen molar-refractivity contribution in [1.82, 2.24) is 10.2 Å². The molecule has 0 radical (unpaired) electrons. The number of carbonyl (C=O) groups excluding carboxylic acids is 1. The number of carbonyl (C=O) groups is 1. The fourth-order valence-corrected chi connectivity index (χ4v) is 2.78. The zero-order valence-corrected chi connectivity index (χ0v) is 14.8. The molecule has 2 aromatic carbocycles. The van der Waals surface area contributed by atoms with E-state index in [1.807, 2.05) is 31.2 Å². The van der Waals surface area contributed by atoms with Crippen LogP contribution in [0.3, 0.4) is 0 Å². The minimum Gasteiger partial charge on any atom is -0.486 e. The van der Waals surface area contributed by atoms with Gasteiger partial charge in [-0.3, -0.25) is 4.79 Å². The number of rotatable bonds is 6. The van der Waals surface area contributed by atoms with Crippen molar-refractivity contribution < 1.29 is 9.53 Å². The highest BCUT2D eigenvalue weighted by Gasteiger charge is 2.06. The molecule has 1 aromatic heterocycles. The third-order valence-electron chi connectivity index (χ3n) is 3.31. The summed E-state index contributed by atoms with van der Waals surface area (Å²) in [6, 6.07) is 15.3. The SMILES string of the molecule is CC(=O)Nc1ccc(OCc2nnc(Nc3ccc(C)cc3)s2)cc1. The fraction of sp³-hybridized carbons (Fsp3) is 0.167. The van der Waals surface area contributed by atoms with Crippen LogP contribution in [0.25, 0.3) is 0 Å². The van der Waals surface area contributed by atoms with Crippen LogP contribution < -0.4 is 15.4 Å². The summed E-state index contributed by atoms with van der Waals surface area (Å²) in [5.41, 5.74) is 2.92. The van der Waals surface area contributed by atoms with Gasteiger partial charge in [0, 0.05) is 18.3 Å². The number of hydrogen-bond donors (Lipinski definition) is 2. The topological polar surface area (TPSA) is 76.1 Å². The normalized spacial score (nSPS) is 10.3. The summed E-state index contributed by atoms with van der Waals surface area (Å²) < 4.78 is 5.70. The van der Waals surface area contributed by atoms with Gasteiger partial charge in [0.2, 0.25) is 11.0 Å². The molecule has 1 amide bonds. The van der Waals surface area contributed by atoms with Crippen molar-refractivity contribution >= 4 is 33.8 Å². The molecule has 0 bridgehead atoms. The van der Waals surface area contributed by atoms with Crippen molar-refractivity contribution in [2.45, 2.75) is 20.5 Å². The Balaban J connectivity index is 1.54. The van der Waals surface area contributed by atoms with Crippen LogP contribution in [-0.2, 0) is 11.4 Å². The molecule has 0 fully saturated rings.